The lowest BCUT2D eigenvalue weighted by Gasteiger charge is -2.15. The summed E-state index contributed by atoms with van der Waals surface area (Å²) in [5, 5.41) is 2.80. The highest BCUT2D eigenvalue weighted by Gasteiger charge is 2.33. The molecule has 29 heavy (non-hydrogen) atoms. The Bertz CT molecular complexity index is 1020. The summed E-state index contributed by atoms with van der Waals surface area (Å²) in [5.41, 5.74) is 1.62. The van der Waals surface area contributed by atoms with E-state index in [2.05, 4.69) is 53.1 Å². The van der Waals surface area contributed by atoms with Gasteiger partial charge in [-0.05, 0) is 55.6 Å². The van der Waals surface area contributed by atoms with Crippen molar-refractivity contribution in [3.8, 4) is 0 Å². The third-order valence-electron chi connectivity index (χ3n) is 3.78. The Morgan fingerprint density at radius 2 is 1.79 bits per heavy atom. The topological polar surface area (TPSA) is 49.4 Å². The first-order valence-corrected chi connectivity index (χ1v) is 11.9. The van der Waals surface area contributed by atoms with Gasteiger partial charge in [-0.1, -0.05) is 82.4 Å². The fourth-order valence-corrected chi connectivity index (χ4v) is 6.11. The van der Waals surface area contributed by atoms with Crippen LogP contribution in [-0.4, -0.2) is 27.6 Å². The number of carbonyl (C=O) groups is 2. The van der Waals surface area contributed by atoms with E-state index in [1.54, 1.807) is 12.2 Å². The van der Waals surface area contributed by atoms with Gasteiger partial charge in [0.1, 0.15) is 10.9 Å². The van der Waals surface area contributed by atoms with Crippen LogP contribution >= 0.6 is 71.8 Å². The van der Waals surface area contributed by atoms with Gasteiger partial charge in [0.2, 0.25) is 5.91 Å². The Labute approximate surface area is 203 Å². The van der Waals surface area contributed by atoms with Crippen LogP contribution in [0.15, 0.2) is 72.9 Å². The third-order valence-corrected chi connectivity index (χ3v) is 6.89. The summed E-state index contributed by atoms with van der Waals surface area (Å²) in [7, 11) is 0. The van der Waals surface area contributed by atoms with E-state index in [0.29, 0.717) is 23.9 Å². The molecule has 0 radical (unpaired) electrons. The van der Waals surface area contributed by atoms with Crippen molar-refractivity contribution in [2.75, 3.05) is 11.9 Å². The Kier molecular flexibility index (Phi) is 7.86. The van der Waals surface area contributed by atoms with Gasteiger partial charge in [0.15, 0.2) is 0 Å². The normalized spacial score (nSPS) is 15.6. The average molecular weight is 617 g/mol. The highest BCUT2D eigenvalue weighted by atomic mass is 79.9. The first kappa shape index (κ1) is 22.4. The highest BCUT2D eigenvalue weighted by molar-refractivity contribution is 9.11. The van der Waals surface area contributed by atoms with Crippen molar-refractivity contribution in [2.24, 2.45) is 0 Å². The number of allylic oxidation sites excluding steroid dienone is 2. The van der Waals surface area contributed by atoms with Gasteiger partial charge in [0, 0.05) is 13.4 Å². The van der Waals surface area contributed by atoms with Gasteiger partial charge in [0.05, 0.1) is 10.6 Å². The maximum absolute atomic E-state index is 12.6. The monoisotopic (exact) mass is 614 g/mol. The first-order chi connectivity index (χ1) is 13.8. The van der Waals surface area contributed by atoms with Crippen LogP contribution < -0.4 is 5.32 Å². The molecule has 0 spiro atoms. The molecule has 1 aliphatic rings. The summed E-state index contributed by atoms with van der Waals surface area (Å²) < 4.78 is 2.64. The molecular weight excluding hydrogens is 604 g/mol. The molecular formula is C20H13Br3N2O2S2. The predicted octanol–water partition coefficient (Wildman–Crippen LogP) is 6.37. The lowest BCUT2D eigenvalue weighted by molar-refractivity contribution is -0.126. The van der Waals surface area contributed by atoms with E-state index in [9.17, 15) is 9.59 Å². The number of benzene rings is 2. The van der Waals surface area contributed by atoms with Gasteiger partial charge < -0.3 is 5.32 Å². The minimum Gasteiger partial charge on any atom is -0.323 e. The number of hydrogen-bond acceptors (Lipinski definition) is 4. The molecule has 0 unspecified atom stereocenters. The SMILES string of the molecule is O=C(CN1C(=O)C(=CC=Cc2ccccc2)SC1=S)Nc1c(Br)cc(Br)cc1Br. The lowest BCUT2D eigenvalue weighted by atomic mass is 10.2. The van der Waals surface area contributed by atoms with Crippen LogP contribution in [0, 0.1) is 0 Å². The zero-order valence-corrected chi connectivity index (χ0v) is 21.1. The number of amides is 2. The molecule has 0 aliphatic carbocycles. The summed E-state index contributed by atoms with van der Waals surface area (Å²) in [6.45, 7) is -0.153. The summed E-state index contributed by atoms with van der Waals surface area (Å²) >= 11 is 16.7. The van der Waals surface area contributed by atoms with Gasteiger partial charge >= 0.3 is 0 Å². The van der Waals surface area contributed by atoms with Crippen molar-refractivity contribution in [3.63, 3.8) is 0 Å². The number of anilines is 1. The molecule has 2 amide bonds. The van der Waals surface area contributed by atoms with Crippen molar-refractivity contribution < 1.29 is 9.59 Å². The predicted molar refractivity (Wildman–Crippen MR) is 134 cm³/mol. The molecule has 3 rings (SSSR count). The molecule has 0 aromatic heterocycles. The second-order valence-corrected chi connectivity index (χ2v) is 10.2. The molecule has 9 heteroatoms. The largest absolute Gasteiger partial charge is 0.323 e. The molecule has 0 atom stereocenters. The van der Waals surface area contributed by atoms with Crippen LogP contribution in [0.3, 0.4) is 0 Å². The van der Waals surface area contributed by atoms with Gasteiger partial charge in [0.25, 0.3) is 5.91 Å². The third kappa shape index (κ3) is 5.88. The fraction of sp³-hybridized carbons (Fsp3) is 0.0500. The Balaban J connectivity index is 1.66. The molecule has 1 N–H and O–H groups in total. The molecule has 0 saturated carbocycles. The standard InChI is InChI=1S/C20H13Br3N2O2S2/c21-13-9-14(22)18(15(23)10-13)24-17(26)11-25-19(27)16(29-20(25)28)8-4-7-12-5-2-1-3-6-12/h1-10H,11H2,(H,24,26). The van der Waals surface area contributed by atoms with Crippen molar-refractivity contribution in [1.29, 1.82) is 0 Å². The minimum atomic E-state index is -0.342. The number of thiocarbonyl (C=S) groups is 1. The van der Waals surface area contributed by atoms with E-state index < -0.39 is 0 Å². The molecule has 0 bridgehead atoms. The number of nitrogens with one attached hydrogen (secondary N) is 1. The zero-order chi connectivity index (χ0) is 21.0. The number of rotatable bonds is 5. The van der Waals surface area contributed by atoms with Gasteiger partial charge in [-0.15, -0.1) is 0 Å². The quantitative estimate of drug-likeness (QED) is 0.313. The van der Waals surface area contributed by atoms with Crippen molar-refractivity contribution >= 4 is 99.7 Å². The van der Waals surface area contributed by atoms with Gasteiger partial charge in [-0.2, -0.15) is 0 Å². The van der Waals surface area contributed by atoms with E-state index in [1.807, 2.05) is 48.5 Å². The summed E-state index contributed by atoms with van der Waals surface area (Å²) in [6, 6.07) is 13.4. The van der Waals surface area contributed by atoms with Gasteiger partial charge in [-0.3, -0.25) is 14.5 Å². The van der Waals surface area contributed by atoms with E-state index in [-0.39, 0.29) is 18.4 Å². The Morgan fingerprint density at radius 1 is 1.14 bits per heavy atom. The molecule has 1 aliphatic heterocycles. The lowest BCUT2D eigenvalue weighted by Crippen LogP contribution is -2.36. The molecule has 148 valence electrons. The van der Waals surface area contributed by atoms with Crippen molar-refractivity contribution in [3.05, 3.63) is 78.5 Å². The second kappa shape index (κ2) is 10.2. The Morgan fingerprint density at radius 3 is 2.45 bits per heavy atom. The molecule has 1 heterocycles. The Hall–Kier alpha value is -1.26. The number of hydrogen-bond donors (Lipinski definition) is 1. The smallest absolute Gasteiger partial charge is 0.266 e. The number of carbonyl (C=O) groups excluding carboxylic acids is 2. The van der Waals surface area contributed by atoms with Crippen LogP contribution in [0.5, 0.6) is 0 Å². The van der Waals surface area contributed by atoms with Crippen molar-refractivity contribution in [1.82, 2.24) is 4.90 Å². The number of thioether (sulfide) groups is 1. The summed E-state index contributed by atoms with van der Waals surface area (Å²) in [5.74, 6) is -0.618. The average Bonchev–Trinajstić information content (AvgIpc) is 2.93. The molecule has 1 saturated heterocycles. The molecule has 2 aromatic carbocycles. The van der Waals surface area contributed by atoms with Crippen LogP contribution in [0.4, 0.5) is 5.69 Å². The van der Waals surface area contributed by atoms with E-state index in [4.69, 9.17) is 12.2 Å². The first-order valence-electron chi connectivity index (χ1n) is 8.26. The highest BCUT2D eigenvalue weighted by Crippen LogP contribution is 2.35. The van der Waals surface area contributed by atoms with E-state index in [1.165, 1.54) is 16.7 Å². The summed E-state index contributed by atoms with van der Waals surface area (Å²) in [4.78, 5) is 26.9. The van der Waals surface area contributed by atoms with Crippen LogP contribution in [0.25, 0.3) is 6.08 Å². The van der Waals surface area contributed by atoms with E-state index in [0.717, 1.165) is 10.0 Å². The minimum absolute atomic E-state index is 0.153. The zero-order valence-electron chi connectivity index (χ0n) is 14.7. The van der Waals surface area contributed by atoms with Crippen molar-refractivity contribution in [2.45, 2.75) is 0 Å². The van der Waals surface area contributed by atoms with Gasteiger partial charge in [-0.25, -0.2) is 0 Å². The molecule has 4 nitrogen and oxygen atoms in total. The number of nitrogens with zero attached hydrogens (tertiary/aromatic N) is 1. The van der Waals surface area contributed by atoms with Crippen LogP contribution in [0.1, 0.15) is 5.56 Å². The van der Waals surface area contributed by atoms with Crippen LogP contribution in [-0.2, 0) is 9.59 Å². The maximum atomic E-state index is 12.6. The van der Waals surface area contributed by atoms with E-state index >= 15 is 0 Å². The fourth-order valence-electron chi connectivity index (χ4n) is 2.45. The second-order valence-electron chi connectivity index (χ2n) is 5.85. The molecule has 1 fully saturated rings. The summed E-state index contributed by atoms with van der Waals surface area (Å²) in [6.07, 6.45) is 5.42. The number of halogens is 3. The molecule has 2 aromatic rings. The maximum Gasteiger partial charge on any atom is 0.266 e. The van der Waals surface area contributed by atoms with Crippen LogP contribution in [0.2, 0.25) is 0 Å².